The van der Waals surface area contributed by atoms with Gasteiger partial charge in [0, 0.05) is 29.7 Å². The Morgan fingerprint density at radius 1 is 1.00 bits per heavy atom. The summed E-state index contributed by atoms with van der Waals surface area (Å²) < 4.78 is 6.05. The molecule has 1 saturated heterocycles. The minimum Gasteiger partial charge on any atom is -0.492 e. The van der Waals surface area contributed by atoms with Crippen LogP contribution in [0.25, 0.3) is 22.5 Å². The van der Waals surface area contributed by atoms with Crippen LogP contribution in [0, 0.1) is 0 Å². The van der Waals surface area contributed by atoms with Crippen molar-refractivity contribution in [2.75, 3.05) is 26.2 Å². The monoisotopic (exact) mass is 359 g/mol. The van der Waals surface area contributed by atoms with E-state index in [9.17, 15) is 0 Å². The molecule has 27 heavy (non-hydrogen) atoms. The van der Waals surface area contributed by atoms with E-state index in [-0.39, 0.29) is 0 Å². The Hall–Kier alpha value is -2.59. The van der Waals surface area contributed by atoms with Crippen molar-refractivity contribution in [2.45, 2.75) is 25.7 Å². The van der Waals surface area contributed by atoms with Crippen LogP contribution in [0.4, 0.5) is 0 Å². The molecule has 1 aromatic heterocycles. The molecule has 3 aromatic rings. The first kappa shape index (κ1) is 16.6. The van der Waals surface area contributed by atoms with Crippen LogP contribution in [-0.4, -0.2) is 41.3 Å². The van der Waals surface area contributed by atoms with Crippen LogP contribution in [0.3, 0.4) is 0 Å². The van der Waals surface area contributed by atoms with E-state index < -0.39 is 0 Å². The summed E-state index contributed by atoms with van der Waals surface area (Å²) in [6, 6.07) is 16.9. The van der Waals surface area contributed by atoms with Crippen molar-refractivity contribution in [1.82, 2.24) is 15.1 Å². The summed E-state index contributed by atoms with van der Waals surface area (Å²) in [5.41, 5.74) is 7.27. The fraction of sp³-hybridized carbons (Fsp3) is 0.348. The van der Waals surface area contributed by atoms with Crippen LogP contribution >= 0.6 is 0 Å². The first-order chi connectivity index (χ1) is 13.4. The van der Waals surface area contributed by atoms with E-state index in [2.05, 4.69) is 57.6 Å². The standard InChI is InChI=1S/C23H25N3O/c1-4-11-26(12-5-1)13-14-27-19-9-6-8-18(15-19)22-21-16-17-7-2-3-10-20(17)23(21)25-24-22/h2-3,6-10,15H,1,4-5,11-14,16H2,(H,24,25). The predicted octanol–water partition coefficient (Wildman–Crippen LogP) is 4.51. The summed E-state index contributed by atoms with van der Waals surface area (Å²) in [6.07, 6.45) is 4.96. The van der Waals surface area contributed by atoms with E-state index in [1.165, 1.54) is 49.0 Å². The summed E-state index contributed by atoms with van der Waals surface area (Å²) in [5, 5.41) is 7.86. The Morgan fingerprint density at radius 2 is 1.89 bits per heavy atom. The normalized spacial score (nSPS) is 16.1. The van der Waals surface area contributed by atoms with E-state index >= 15 is 0 Å². The van der Waals surface area contributed by atoms with Gasteiger partial charge in [-0.3, -0.25) is 10.00 Å². The van der Waals surface area contributed by atoms with E-state index in [1.54, 1.807) is 0 Å². The van der Waals surface area contributed by atoms with Crippen LogP contribution < -0.4 is 4.74 Å². The molecule has 0 radical (unpaired) electrons. The van der Waals surface area contributed by atoms with E-state index in [0.29, 0.717) is 0 Å². The average Bonchev–Trinajstić information content (AvgIpc) is 3.28. The molecule has 1 aliphatic carbocycles. The van der Waals surface area contributed by atoms with Gasteiger partial charge in [-0.2, -0.15) is 5.10 Å². The third kappa shape index (κ3) is 3.26. The zero-order valence-electron chi connectivity index (χ0n) is 15.6. The smallest absolute Gasteiger partial charge is 0.120 e. The van der Waals surface area contributed by atoms with Crippen molar-refractivity contribution in [1.29, 1.82) is 0 Å². The van der Waals surface area contributed by atoms with Gasteiger partial charge in [-0.1, -0.05) is 42.8 Å². The number of fused-ring (bicyclic) bond motifs is 3. The summed E-state index contributed by atoms with van der Waals surface area (Å²) in [6.45, 7) is 4.18. The largest absolute Gasteiger partial charge is 0.492 e. The van der Waals surface area contributed by atoms with Gasteiger partial charge in [-0.05, 0) is 43.6 Å². The van der Waals surface area contributed by atoms with Crippen molar-refractivity contribution >= 4 is 0 Å². The maximum Gasteiger partial charge on any atom is 0.120 e. The second-order valence-electron chi connectivity index (χ2n) is 7.54. The zero-order valence-corrected chi connectivity index (χ0v) is 15.6. The molecule has 0 amide bonds. The molecular formula is C23H25N3O. The zero-order chi connectivity index (χ0) is 18.1. The molecule has 0 saturated carbocycles. The Morgan fingerprint density at radius 3 is 2.81 bits per heavy atom. The Kier molecular flexibility index (Phi) is 4.42. The third-order valence-corrected chi connectivity index (χ3v) is 5.75. The maximum atomic E-state index is 6.05. The average molecular weight is 359 g/mol. The third-order valence-electron chi connectivity index (χ3n) is 5.75. The Balaban J connectivity index is 1.31. The molecule has 2 aromatic carbocycles. The number of H-pyrrole nitrogens is 1. The number of rotatable bonds is 5. The highest BCUT2D eigenvalue weighted by Gasteiger charge is 2.24. The molecule has 4 heteroatoms. The van der Waals surface area contributed by atoms with Gasteiger partial charge < -0.3 is 4.74 Å². The lowest BCUT2D eigenvalue weighted by molar-refractivity contribution is 0.183. The second-order valence-corrected chi connectivity index (χ2v) is 7.54. The van der Waals surface area contributed by atoms with Gasteiger partial charge in [0.25, 0.3) is 0 Å². The summed E-state index contributed by atoms with van der Waals surface area (Å²) >= 11 is 0. The van der Waals surface area contributed by atoms with Crippen LogP contribution in [0.5, 0.6) is 5.75 Å². The number of aromatic amines is 1. The molecule has 5 rings (SSSR count). The fourth-order valence-electron chi connectivity index (χ4n) is 4.32. The summed E-state index contributed by atoms with van der Waals surface area (Å²) in [7, 11) is 0. The van der Waals surface area contributed by atoms with E-state index in [1.807, 2.05) is 6.07 Å². The number of benzene rings is 2. The second kappa shape index (κ2) is 7.20. The predicted molar refractivity (Wildman–Crippen MR) is 108 cm³/mol. The lowest BCUT2D eigenvalue weighted by Gasteiger charge is -2.26. The molecule has 1 N–H and O–H groups in total. The van der Waals surface area contributed by atoms with Crippen molar-refractivity contribution < 1.29 is 4.74 Å². The molecule has 0 atom stereocenters. The van der Waals surface area contributed by atoms with Crippen molar-refractivity contribution in [3.8, 4) is 28.3 Å². The van der Waals surface area contributed by atoms with Gasteiger partial charge in [0.15, 0.2) is 0 Å². The van der Waals surface area contributed by atoms with Gasteiger partial charge in [-0.25, -0.2) is 0 Å². The number of aromatic nitrogens is 2. The quantitative estimate of drug-likeness (QED) is 0.570. The molecule has 4 nitrogen and oxygen atoms in total. The molecule has 2 heterocycles. The summed E-state index contributed by atoms with van der Waals surface area (Å²) in [5.74, 6) is 0.928. The van der Waals surface area contributed by atoms with Crippen LogP contribution in [0.1, 0.15) is 30.4 Å². The Bertz CT molecular complexity index is 940. The number of piperidine rings is 1. The lowest BCUT2D eigenvalue weighted by atomic mass is 10.1. The van der Waals surface area contributed by atoms with Gasteiger partial charge in [0.1, 0.15) is 12.4 Å². The highest BCUT2D eigenvalue weighted by molar-refractivity contribution is 5.81. The fourth-order valence-corrected chi connectivity index (χ4v) is 4.32. The summed E-state index contributed by atoms with van der Waals surface area (Å²) in [4.78, 5) is 2.51. The van der Waals surface area contributed by atoms with E-state index in [0.717, 1.165) is 42.3 Å². The highest BCUT2D eigenvalue weighted by Crippen LogP contribution is 2.40. The van der Waals surface area contributed by atoms with Gasteiger partial charge in [0.2, 0.25) is 0 Å². The molecule has 2 aliphatic rings. The first-order valence-electron chi connectivity index (χ1n) is 9.99. The topological polar surface area (TPSA) is 41.1 Å². The number of hydrogen-bond donors (Lipinski definition) is 1. The molecule has 0 spiro atoms. The highest BCUT2D eigenvalue weighted by atomic mass is 16.5. The van der Waals surface area contributed by atoms with Crippen LogP contribution in [0.15, 0.2) is 48.5 Å². The number of nitrogens with one attached hydrogen (secondary N) is 1. The maximum absolute atomic E-state index is 6.05. The van der Waals surface area contributed by atoms with E-state index in [4.69, 9.17) is 4.74 Å². The van der Waals surface area contributed by atoms with Crippen LogP contribution in [-0.2, 0) is 6.42 Å². The van der Waals surface area contributed by atoms with Crippen LogP contribution in [0.2, 0.25) is 0 Å². The van der Waals surface area contributed by atoms with Crippen molar-refractivity contribution in [3.63, 3.8) is 0 Å². The SMILES string of the molecule is c1cc(OCCN2CCCCC2)cc(-c2n[nH]c3c2Cc2ccccc2-3)c1. The van der Waals surface area contributed by atoms with Gasteiger partial charge in [-0.15, -0.1) is 0 Å². The molecule has 0 unspecified atom stereocenters. The number of ether oxygens (including phenoxy) is 1. The number of hydrogen-bond acceptors (Lipinski definition) is 3. The number of likely N-dealkylation sites (tertiary alicyclic amines) is 1. The molecule has 1 fully saturated rings. The van der Waals surface area contributed by atoms with Crippen molar-refractivity contribution in [3.05, 3.63) is 59.7 Å². The minimum atomic E-state index is 0.744. The minimum absolute atomic E-state index is 0.744. The molecular weight excluding hydrogens is 334 g/mol. The van der Waals surface area contributed by atoms with Gasteiger partial charge in [0.05, 0.1) is 11.4 Å². The van der Waals surface area contributed by atoms with Crippen molar-refractivity contribution in [2.24, 2.45) is 0 Å². The number of nitrogens with zero attached hydrogens (tertiary/aromatic N) is 2. The first-order valence-corrected chi connectivity index (χ1v) is 9.99. The molecule has 138 valence electrons. The lowest BCUT2D eigenvalue weighted by Crippen LogP contribution is -2.33. The Labute approximate surface area is 160 Å². The van der Waals surface area contributed by atoms with Gasteiger partial charge >= 0.3 is 0 Å². The molecule has 1 aliphatic heterocycles. The molecule has 0 bridgehead atoms.